The Labute approximate surface area is 121 Å². The maximum absolute atomic E-state index is 11.7. The molecule has 0 aliphatic heterocycles. The SMILES string of the molecule is O=C(O)CCNC(=O)c1cnc(OCC2CC2)c(Cl)c1. The van der Waals surface area contributed by atoms with Crippen LogP contribution in [0, 0.1) is 5.92 Å². The number of halogens is 1. The summed E-state index contributed by atoms with van der Waals surface area (Å²) in [7, 11) is 0. The maximum Gasteiger partial charge on any atom is 0.305 e. The number of nitrogens with one attached hydrogen (secondary N) is 1. The highest BCUT2D eigenvalue weighted by Gasteiger charge is 2.22. The number of hydrogen-bond donors (Lipinski definition) is 2. The van der Waals surface area contributed by atoms with Gasteiger partial charge in [0, 0.05) is 12.7 Å². The standard InChI is InChI=1S/C13H15ClN2O4/c14-10-5-9(12(19)15-4-3-11(17)18)6-16-13(10)20-7-8-1-2-8/h5-6,8H,1-4,7H2,(H,15,19)(H,17,18). The van der Waals surface area contributed by atoms with Gasteiger partial charge >= 0.3 is 5.97 Å². The number of pyridine rings is 1. The molecule has 1 aromatic rings. The van der Waals surface area contributed by atoms with Crippen molar-refractivity contribution in [2.24, 2.45) is 5.92 Å². The predicted octanol–water partition coefficient (Wildman–Crippen LogP) is 1.73. The summed E-state index contributed by atoms with van der Waals surface area (Å²) in [6, 6.07) is 1.47. The summed E-state index contributed by atoms with van der Waals surface area (Å²) in [6.45, 7) is 0.655. The van der Waals surface area contributed by atoms with Crippen molar-refractivity contribution in [2.45, 2.75) is 19.3 Å². The summed E-state index contributed by atoms with van der Waals surface area (Å²) in [4.78, 5) is 26.1. The van der Waals surface area contributed by atoms with E-state index in [9.17, 15) is 9.59 Å². The largest absolute Gasteiger partial charge is 0.481 e. The average molecular weight is 299 g/mol. The molecule has 6 nitrogen and oxygen atoms in total. The third-order valence-corrected chi connectivity index (χ3v) is 3.12. The van der Waals surface area contributed by atoms with Crippen molar-refractivity contribution in [3.05, 3.63) is 22.8 Å². The van der Waals surface area contributed by atoms with Crippen LogP contribution in [0.25, 0.3) is 0 Å². The van der Waals surface area contributed by atoms with E-state index in [4.69, 9.17) is 21.4 Å². The molecule has 1 saturated carbocycles. The van der Waals surface area contributed by atoms with Crippen LogP contribution >= 0.6 is 11.6 Å². The number of carboxylic acids is 1. The predicted molar refractivity (Wildman–Crippen MR) is 72.1 cm³/mol. The minimum absolute atomic E-state index is 0.0612. The second kappa shape index (κ2) is 6.56. The van der Waals surface area contributed by atoms with Crippen LogP contribution in [0.5, 0.6) is 5.88 Å². The normalized spacial score (nSPS) is 13.8. The molecular weight excluding hydrogens is 284 g/mol. The van der Waals surface area contributed by atoms with Gasteiger partial charge in [-0.1, -0.05) is 11.6 Å². The molecule has 1 heterocycles. The lowest BCUT2D eigenvalue weighted by Crippen LogP contribution is -2.26. The highest BCUT2D eigenvalue weighted by molar-refractivity contribution is 6.32. The molecule has 1 fully saturated rings. The van der Waals surface area contributed by atoms with E-state index in [2.05, 4.69) is 10.3 Å². The van der Waals surface area contributed by atoms with Gasteiger partial charge < -0.3 is 15.2 Å². The molecule has 0 spiro atoms. The fourth-order valence-electron chi connectivity index (χ4n) is 1.52. The van der Waals surface area contributed by atoms with Gasteiger partial charge in [-0.05, 0) is 24.8 Å². The molecule has 0 unspecified atom stereocenters. The quantitative estimate of drug-likeness (QED) is 0.800. The van der Waals surface area contributed by atoms with Crippen LogP contribution in [0.3, 0.4) is 0 Å². The number of ether oxygens (including phenoxy) is 1. The van der Waals surface area contributed by atoms with Gasteiger partial charge in [0.05, 0.1) is 18.6 Å². The number of rotatable bonds is 7. The lowest BCUT2D eigenvalue weighted by molar-refractivity contribution is -0.136. The van der Waals surface area contributed by atoms with Crippen LogP contribution in [-0.4, -0.2) is 35.1 Å². The van der Waals surface area contributed by atoms with Gasteiger partial charge in [0.15, 0.2) is 0 Å². The van der Waals surface area contributed by atoms with Gasteiger partial charge in [-0.25, -0.2) is 4.98 Å². The van der Waals surface area contributed by atoms with E-state index < -0.39 is 11.9 Å². The van der Waals surface area contributed by atoms with E-state index >= 15 is 0 Å². The van der Waals surface area contributed by atoms with Gasteiger partial charge in [0.1, 0.15) is 5.02 Å². The van der Waals surface area contributed by atoms with E-state index in [1.165, 1.54) is 25.1 Å². The Balaban J connectivity index is 1.89. The van der Waals surface area contributed by atoms with Crippen LogP contribution in [-0.2, 0) is 4.79 Å². The first-order valence-electron chi connectivity index (χ1n) is 6.34. The molecule has 0 aromatic carbocycles. The zero-order chi connectivity index (χ0) is 14.5. The third-order valence-electron chi connectivity index (χ3n) is 2.85. The first-order chi connectivity index (χ1) is 9.56. The first-order valence-corrected chi connectivity index (χ1v) is 6.72. The van der Waals surface area contributed by atoms with Crippen LogP contribution < -0.4 is 10.1 Å². The Hall–Kier alpha value is -1.82. The van der Waals surface area contributed by atoms with Crippen molar-refractivity contribution in [2.75, 3.05) is 13.2 Å². The van der Waals surface area contributed by atoms with Crippen LogP contribution in [0.2, 0.25) is 5.02 Å². The molecule has 0 radical (unpaired) electrons. The Bertz CT molecular complexity index is 517. The number of amides is 1. The molecule has 0 atom stereocenters. The third kappa shape index (κ3) is 4.38. The molecular formula is C13H15ClN2O4. The van der Waals surface area contributed by atoms with Gasteiger partial charge in [-0.2, -0.15) is 0 Å². The summed E-state index contributed by atoms with van der Waals surface area (Å²) < 4.78 is 5.46. The topological polar surface area (TPSA) is 88.5 Å². The van der Waals surface area contributed by atoms with Gasteiger partial charge in [-0.3, -0.25) is 9.59 Å². The van der Waals surface area contributed by atoms with E-state index in [1.54, 1.807) is 0 Å². The first kappa shape index (κ1) is 14.6. The molecule has 2 rings (SSSR count). The molecule has 1 aliphatic carbocycles. The lowest BCUT2D eigenvalue weighted by Gasteiger charge is -2.08. The number of hydrogen-bond acceptors (Lipinski definition) is 4. The highest BCUT2D eigenvalue weighted by atomic mass is 35.5. The zero-order valence-corrected chi connectivity index (χ0v) is 11.5. The van der Waals surface area contributed by atoms with Crippen LogP contribution in [0.15, 0.2) is 12.3 Å². The van der Waals surface area contributed by atoms with Crippen molar-refractivity contribution in [3.63, 3.8) is 0 Å². The number of aromatic nitrogens is 1. The van der Waals surface area contributed by atoms with Crippen molar-refractivity contribution in [1.29, 1.82) is 0 Å². The van der Waals surface area contributed by atoms with E-state index in [0.717, 1.165) is 0 Å². The minimum Gasteiger partial charge on any atom is -0.481 e. The molecule has 0 bridgehead atoms. The van der Waals surface area contributed by atoms with Crippen molar-refractivity contribution in [1.82, 2.24) is 10.3 Å². The summed E-state index contributed by atoms with van der Waals surface area (Å²) in [5.41, 5.74) is 0.277. The maximum atomic E-state index is 11.7. The average Bonchev–Trinajstić information content (AvgIpc) is 3.20. The molecule has 7 heteroatoms. The molecule has 1 aliphatic rings. The number of carbonyl (C=O) groups is 2. The van der Waals surface area contributed by atoms with Crippen LogP contribution in [0.1, 0.15) is 29.6 Å². The smallest absolute Gasteiger partial charge is 0.305 e. The van der Waals surface area contributed by atoms with Crippen LogP contribution in [0.4, 0.5) is 0 Å². The summed E-state index contributed by atoms with van der Waals surface area (Å²) in [5, 5.41) is 11.2. The second-order valence-corrected chi connectivity index (χ2v) is 5.07. The number of carbonyl (C=O) groups excluding carboxylic acids is 1. The molecule has 1 aromatic heterocycles. The van der Waals surface area contributed by atoms with E-state index in [1.807, 2.05) is 0 Å². The number of carboxylic acid groups (broad SMARTS) is 1. The van der Waals surface area contributed by atoms with Crippen molar-refractivity contribution < 1.29 is 19.4 Å². The summed E-state index contributed by atoms with van der Waals surface area (Å²) in [5.74, 6) is -0.466. The molecule has 20 heavy (non-hydrogen) atoms. The van der Waals surface area contributed by atoms with Gasteiger partial charge in [0.2, 0.25) is 5.88 Å². The number of aliphatic carboxylic acids is 1. The molecule has 1 amide bonds. The fraction of sp³-hybridized carbons (Fsp3) is 0.462. The lowest BCUT2D eigenvalue weighted by atomic mass is 10.2. The van der Waals surface area contributed by atoms with Crippen molar-refractivity contribution >= 4 is 23.5 Å². The molecule has 2 N–H and O–H groups in total. The zero-order valence-electron chi connectivity index (χ0n) is 10.8. The Kier molecular flexibility index (Phi) is 4.79. The van der Waals surface area contributed by atoms with Gasteiger partial charge in [-0.15, -0.1) is 0 Å². The monoisotopic (exact) mass is 298 g/mol. The molecule has 108 valence electrons. The van der Waals surface area contributed by atoms with E-state index in [-0.39, 0.29) is 23.6 Å². The van der Waals surface area contributed by atoms with Gasteiger partial charge in [0.25, 0.3) is 5.91 Å². The Morgan fingerprint density at radius 2 is 2.25 bits per heavy atom. The number of nitrogens with zero attached hydrogens (tertiary/aromatic N) is 1. The Morgan fingerprint density at radius 3 is 2.85 bits per heavy atom. The van der Waals surface area contributed by atoms with Crippen molar-refractivity contribution in [3.8, 4) is 5.88 Å². The molecule has 0 saturated heterocycles. The van der Waals surface area contributed by atoms with E-state index in [0.29, 0.717) is 18.4 Å². The summed E-state index contributed by atoms with van der Waals surface area (Å²) in [6.07, 6.45) is 3.57. The second-order valence-electron chi connectivity index (χ2n) is 4.66. The fourth-order valence-corrected chi connectivity index (χ4v) is 1.74. The minimum atomic E-state index is -0.967. The highest BCUT2D eigenvalue weighted by Crippen LogP contribution is 2.30. The summed E-state index contributed by atoms with van der Waals surface area (Å²) >= 11 is 6.00. The Morgan fingerprint density at radius 1 is 1.50 bits per heavy atom.